The minimum absolute atomic E-state index is 0.0128. The van der Waals surface area contributed by atoms with Crippen molar-refractivity contribution in [2.24, 2.45) is 10.7 Å². The molecule has 0 spiro atoms. The van der Waals surface area contributed by atoms with Crippen LogP contribution in [0.1, 0.15) is 33.4 Å². The standard InChI is InChI=1S/C17H14BrF3N2O2.C16H12BrF3O/c1-24-14-6-5-11(8-13(14)17(19,20)21)16(9-25-15(22)23-16)10-3-2-4-12(18)7-10;1-10(11-4-3-5-13(17)8-11)12-6-7-15(21-2)14(9-12)16(18,19)20/h2-8H,9H2,1H3,(H2,22,23);3-9H,1H2,2H3. The fourth-order valence-electron chi connectivity index (χ4n) is 4.79. The Kier molecular flexibility index (Phi) is 10.5. The van der Waals surface area contributed by atoms with Gasteiger partial charge in [0.2, 0.25) is 0 Å². The predicted octanol–water partition coefficient (Wildman–Crippen LogP) is 9.60. The molecule has 5 rings (SSSR count). The van der Waals surface area contributed by atoms with E-state index >= 15 is 0 Å². The van der Waals surface area contributed by atoms with E-state index in [1.807, 2.05) is 12.1 Å². The first-order valence-corrected chi connectivity index (χ1v) is 14.9. The molecule has 4 aromatic carbocycles. The molecule has 0 bridgehead atoms. The summed E-state index contributed by atoms with van der Waals surface area (Å²) in [6, 6.07) is 22.1. The molecular weight excluding hydrogens is 746 g/mol. The molecule has 0 saturated carbocycles. The Balaban J connectivity index is 0.000000212. The van der Waals surface area contributed by atoms with Gasteiger partial charge in [-0.3, -0.25) is 0 Å². The van der Waals surface area contributed by atoms with Gasteiger partial charge in [0.15, 0.2) is 5.54 Å². The quantitative estimate of drug-likeness (QED) is 0.199. The van der Waals surface area contributed by atoms with Gasteiger partial charge in [-0.1, -0.05) is 74.8 Å². The highest BCUT2D eigenvalue weighted by atomic mass is 79.9. The van der Waals surface area contributed by atoms with E-state index in [0.717, 1.165) is 26.6 Å². The van der Waals surface area contributed by atoms with Gasteiger partial charge in [0.25, 0.3) is 6.02 Å². The number of alkyl halides is 6. The molecule has 1 atom stereocenters. The minimum atomic E-state index is -4.56. The molecular formula is C33H26Br2F6N2O3. The molecule has 1 aliphatic heterocycles. The van der Waals surface area contributed by atoms with E-state index in [0.29, 0.717) is 22.3 Å². The zero-order valence-electron chi connectivity index (χ0n) is 24.3. The molecule has 242 valence electrons. The van der Waals surface area contributed by atoms with E-state index in [1.165, 1.54) is 26.4 Å². The van der Waals surface area contributed by atoms with E-state index in [4.69, 9.17) is 19.9 Å². The molecule has 0 aliphatic carbocycles. The molecule has 0 radical (unpaired) electrons. The Hall–Kier alpha value is -3.97. The van der Waals surface area contributed by atoms with Gasteiger partial charge >= 0.3 is 12.4 Å². The Morgan fingerprint density at radius 3 is 1.80 bits per heavy atom. The van der Waals surface area contributed by atoms with Crippen LogP contribution in [-0.2, 0) is 22.6 Å². The van der Waals surface area contributed by atoms with Crippen molar-refractivity contribution in [3.05, 3.63) is 134 Å². The van der Waals surface area contributed by atoms with Crippen LogP contribution in [0.2, 0.25) is 0 Å². The van der Waals surface area contributed by atoms with Crippen molar-refractivity contribution in [2.75, 3.05) is 20.8 Å². The van der Waals surface area contributed by atoms with Crippen LogP contribution in [0.25, 0.3) is 5.57 Å². The summed E-state index contributed by atoms with van der Waals surface area (Å²) >= 11 is 6.70. The fraction of sp³-hybridized carbons (Fsp3) is 0.182. The van der Waals surface area contributed by atoms with Gasteiger partial charge in [0, 0.05) is 8.95 Å². The summed E-state index contributed by atoms with van der Waals surface area (Å²) in [6.07, 6.45) is -9.03. The predicted molar refractivity (Wildman–Crippen MR) is 171 cm³/mol. The van der Waals surface area contributed by atoms with E-state index in [1.54, 1.807) is 48.5 Å². The molecule has 1 aliphatic rings. The Morgan fingerprint density at radius 2 is 1.28 bits per heavy atom. The third-order valence-corrected chi connectivity index (χ3v) is 8.03. The van der Waals surface area contributed by atoms with Crippen LogP contribution in [0, 0.1) is 0 Å². The van der Waals surface area contributed by atoms with Gasteiger partial charge in [-0.15, -0.1) is 0 Å². The lowest BCUT2D eigenvalue weighted by Gasteiger charge is -2.26. The smallest absolute Gasteiger partial charge is 0.419 e. The van der Waals surface area contributed by atoms with Crippen LogP contribution < -0.4 is 15.2 Å². The summed E-state index contributed by atoms with van der Waals surface area (Å²) in [5.74, 6) is -0.454. The first kappa shape index (κ1) is 34.9. The number of halogens is 8. The summed E-state index contributed by atoms with van der Waals surface area (Å²) in [5.41, 5.74) is 5.50. The van der Waals surface area contributed by atoms with Crippen molar-refractivity contribution < 1.29 is 40.6 Å². The van der Waals surface area contributed by atoms with Crippen molar-refractivity contribution in [3.63, 3.8) is 0 Å². The highest BCUT2D eigenvalue weighted by molar-refractivity contribution is 9.10. The molecule has 0 fully saturated rings. The Labute approximate surface area is 278 Å². The lowest BCUT2D eigenvalue weighted by Crippen LogP contribution is -2.28. The van der Waals surface area contributed by atoms with E-state index in [2.05, 4.69) is 43.4 Å². The highest BCUT2D eigenvalue weighted by Crippen LogP contribution is 2.43. The first-order chi connectivity index (χ1) is 21.6. The SMILES string of the molecule is C=C(c1cccc(Br)c1)c1ccc(OC)c(C(F)(F)F)c1.COc1ccc(C2(c3cccc(Br)c3)COC(N)=N2)cc1C(F)(F)F. The van der Waals surface area contributed by atoms with Gasteiger partial charge in [-0.2, -0.15) is 26.3 Å². The van der Waals surface area contributed by atoms with E-state index in [9.17, 15) is 26.3 Å². The number of nitrogens with two attached hydrogens (primary N) is 1. The molecule has 1 unspecified atom stereocenters. The highest BCUT2D eigenvalue weighted by Gasteiger charge is 2.43. The van der Waals surface area contributed by atoms with Crippen molar-refractivity contribution in [1.29, 1.82) is 0 Å². The Morgan fingerprint density at radius 1 is 0.761 bits per heavy atom. The zero-order valence-corrected chi connectivity index (χ0v) is 27.4. The van der Waals surface area contributed by atoms with Crippen LogP contribution in [0.3, 0.4) is 0 Å². The van der Waals surface area contributed by atoms with Crippen LogP contribution >= 0.6 is 31.9 Å². The van der Waals surface area contributed by atoms with Crippen LogP contribution in [-0.4, -0.2) is 26.8 Å². The lowest BCUT2D eigenvalue weighted by atomic mass is 9.83. The molecule has 5 nitrogen and oxygen atoms in total. The number of amidine groups is 1. The summed E-state index contributed by atoms with van der Waals surface area (Å²) in [6.45, 7) is 3.90. The second-order valence-electron chi connectivity index (χ2n) is 9.92. The van der Waals surface area contributed by atoms with Gasteiger partial charge in [-0.05, 0) is 76.4 Å². The average Bonchev–Trinajstić information content (AvgIpc) is 3.42. The number of benzene rings is 4. The number of nitrogens with zero attached hydrogens (tertiary/aromatic N) is 1. The Bertz CT molecular complexity index is 1780. The van der Waals surface area contributed by atoms with Crippen molar-refractivity contribution in [1.82, 2.24) is 0 Å². The van der Waals surface area contributed by atoms with Gasteiger partial charge < -0.3 is 19.9 Å². The topological polar surface area (TPSA) is 66.1 Å². The van der Waals surface area contributed by atoms with Crippen molar-refractivity contribution in [3.8, 4) is 11.5 Å². The van der Waals surface area contributed by atoms with E-state index in [-0.39, 0.29) is 24.1 Å². The summed E-state index contributed by atoms with van der Waals surface area (Å²) in [7, 11) is 2.41. The number of hydrogen-bond acceptors (Lipinski definition) is 5. The summed E-state index contributed by atoms with van der Waals surface area (Å²) < 4.78 is 95.8. The zero-order chi connectivity index (χ0) is 33.9. The van der Waals surface area contributed by atoms with E-state index < -0.39 is 29.0 Å². The van der Waals surface area contributed by atoms with Gasteiger partial charge in [0.05, 0.1) is 25.3 Å². The average molecular weight is 772 g/mol. The van der Waals surface area contributed by atoms with Crippen LogP contribution in [0.15, 0.2) is 105 Å². The molecule has 0 amide bonds. The molecule has 1 heterocycles. The number of ether oxygens (including phenoxy) is 3. The van der Waals surface area contributed by atoms with Crippen molar-refractivity contribution >= 4 is 43.5 Å². The third kappa shape index (κ3) is 7.69. The molecule has 2 N–H and O–H groups in total. The molecule has 46 heavy (non-hydrogen) atoms. The van der Waals surface area contributed by atoms with Crippen LogP contribution in [0.4, 0.5) is 26.3 Å². The second kappa shape index (κ2) is 13.8. The maximum absolute atomic E-state index is 13.4. The lowest BCUT2D eigenvalue weighted by molar-refractivity contribution is -0.139. The normalized spacial score (nSPS) is 16.1. The maximum Gasteiger partial charge on any atom is 0.419 e. The molecule has 4 aromatic rings. The second-order valence-corrected chi connectivity index (χ2v) is 11.8. The largest absolute Gasteiger partial charge is 0.496 e. The monoisotopic (exact) mass is 770 g/mol. The number of rotatable bonds is 6. The fourth-order valence-corrected chi connectivity index (χ4v) is 5.58. The third-order valence-electron chi connectivity index (χ3n) is 7.04. The number of methoxy groups -OCH3 is 2. The summed E-state index contributed by atoms with van der Waals surface area (Å²) in [4.78, 5) is 4.32. The van der Waals surface area contributed by atoms with Gasteiger partial charge in [-0.25, -0.2) is 4.99 Å². The number of hydrogen-bond donors (Lipinski definition) is 1. The minimum Gasteiger partial charge on any atom is -0.496 e. The van der Waals surface area contributed by atoms with Gasteiger partial charge in [0.1, 0.15) is 18.1 Å². The first-order valence-electron chi connectivity index (χ1n) is 13.3. The van der Waals surface area contributed by atoms with Crippen molar-refractivity contribution in [2.45, 2.75) is 17.9 Å². The molecule has 0 saturated heterocycles. The number of aliphatic imine (C=N–C) groups is 1. The van der Waals surface area contributed by atoms with Crippen LogP contribution in [0.5, 0.6) is 11.5 Å². The molecule has 13 heteroatoms. The maximum atomic E-state index is 13.4. The summed E-state index contributed by atoms with van der Waals surface area (Å²) in [5, 5.41) is 0. The molecule has 0 aromatic heterocycles.